The fraction of sp³-hybridized carbons (Fsp3) is 0.913. The number of unbranched alkanes of at least 4 members (excludes halogenated alkanes) is 4. The Morgan fingerprint density at radius 3 is 1.21 bits per heavy atom. The minimum atomic E-state index is -0.950. The number of hydrogen-bond donors (Lipinski definition) is 0. The van der Waals surface area contributed by atoms with Crippen molar-refractivity contribution in [2.45, 2.75) is 70.7 Å². The van der Waals surface area contributed by atoms with Crippen molar-refractivity contribution in [3.8, 4) is 0 Å². The Labute approximate surface area is 194 Å². The van der Waals surface area contributed by atoms with Gasteiger partial charge in [-0.15, -0.1) is 0 Å². The topological polar surface area (TPSA) is 108 Å². The number of esters is 2. The van der Waals surface area contributed by atoms with E-state index >= 15 is 0 Å². The zero-order valence-corrected chi connectivity index (χ0v) is 19.7. The lowest BCUT2D eigenvalue weighted by Gasteiger charge is -2.49. The Kier molecular flexibility index (Phi) is 7.62. The second kappa shape index (κ2) is 10.1. The molecule has 6 fully saturated rings. The quantitative estimate of drug-likeness (QED) is 0.310. The van der Waals surface area contributed by atoms with Gasteiger partial charge in [-0.2, -0.15) is 0 Å². The van der Waals surface area contributed by atoms with Crippen LogP contribution in [-0.2, 0) is 47.5 Å². The predicted octanol–water partition coefficient (Wildman–Crippen LogP) is 2.28. The van der Waals surface area contributed by atoms with E-state index in [-0.39, 0.29) is 25.2 Å². The van der Waals surface area contributed by atoms with Gasteiger partial charge in [0.15, 0.2) is 0 Å². The second-order valence-electron chi connectivity index (χ2n) is 10.0. The third-order valence-corrected chi connectivity index (χ3v) is 6.68. The van der Waals surface area contributed by atoms with Crippen molar-refractivity contribution in [3.05, 3.63) is 0 Å². The van der Waals surface area contributed by atoms with Crippen LogP contribution in [0.25, 0.3) is 0 Å². The molecule has 4 bridgehead atoms. The van der Waals surface area contributed by atoms with E-state index in [0.29, 0.717) is 52.5 Å². The van der Waals surface area contributed by atoms with Gasteiger partial charge in [0.05, 0.1) is 50.5 Å². The maximum atomic E-state index is 12.0. The molecule has 0 unspecified atom stereocenters. The minimum Gasteiger partial charge on any atom is -0.465 e. The molecule has 6 saturated heterocycles. The van der Waals surface area contributed by atoms with Crippen molar-refractivity contribution in [2.75, 3.05) is 52.9 Å². The zero-order valence-electron chi connectivity index (χ0n) is 19.7. The lowest BCUT2D eigenvalue weighted by Crippen LogP contribution is -2.60. The van der Waals surface area contributed by atoms with Crippen molar-refractivity contribution >= 4 is 11.9 Å². The van der Waals surface area contributed by atoms with E-state index in [0.717, 1.165) is 32.1 Å². The Balaban J connectivity index is 0.984. The average Bonchev–Trinajstić information content (AvgIpc) is 2.83. The Morgan fingerprint density at radius 1 is 0.576 bits per heavy atom. The van der Waals surface area contributed by atoms with Gasteiger partial charge >= 0.3 is 11.9 Å². The molecule has 10 nitrogen and oxygen atoms in total. The van der Waals surface area contributed by atoms with Crippen LogP contribution < -0.4 is 0 Å². The summed E-state index contributed by atoms with van der Waals surface area (Å²) in [7, 11) is 0. The average molecular weight is 473 g/mol. The van der Waals surface area contributed by atoms with Gasteiger partial charge < -0.3 is 37.9 Å². The molecule has 33 heavy (non-hydrogen) atoms. The summed E-state index contributed by atoms with van der Waals surface area (Å²) in [5, 5.41) is 0. The van der Waals surface area contributed by atoms with Crippen LogP contribution in [0.1, 0.15) is 58.8 Å². The molecule has 0 saturated carbocycles. The summed E-state index contributed by atoms with van der Waals surface area (Å²) < 4.78 is 44.0. The van der Waals surface area contributed by atoms with Crippen LogP contribution in [0.5, 0.6) is 0 Å². The summed E-state index contributed by atoms with van der Waals surface area (Å²) in [5.41, 5.74) is -0.799. The fourth-order valence-corrected chi connectivity index (χ4v) is 4.14. The van der Waals surface area contributed by atoms with Crippen LogP contribution in [0, 0.1) is 10.8 Å². The smallest absolute Gasteiger partial charge is 0.305 e. The van der Waals surface area contributed by atoms with E-state index in [9.17, 15) is 9.59 Å². The van der Waals surface area contributed by atoms with Gasteiger partial charge in [-0.25, -0.2) is 0 Å². The second-order valence-corrected chi connectivity index (χ2v) is 10.0. The number of rotatable bonds is 12. The van der Waals surface area contributed by atoms with Crippen LogP contribution in [0.2, 0.25) is 0 Å². The summed E-state index contributed by atoms with van der Waals surface area (Å²) in [6.45, 7) is 6.78. The number of hydrogen-bond acceptors (Lipinski definition) is 10. The van der Waals surface area contributed by atoms with Gasteiger partial charge in [-0.1, -0.05) is 19.3 Å². The van der Waals surface area contributed by atoms with Gasteiger partial charge in [-0.05, 0) is 12.8 Å². The van der Waals surface area contributed by atoms with Gasteiger partial charge in [0.1, 0.15) is 13.2 Å². The molecule has 0 aliphatic carbocycles. The zero-order chi connectivity index (χ0) is 23.4. The molecule has 188 valence electrons. The third kappa shape index (κ3) is 6.43. The van der Waals surface area contributed by atoms with E-state index < -0.39 is 22.8 Å². The SMILES string of the molecule is CC12OCC(COC(=O)CCCCCCCC(=O)OCC34COC(C)(OC3)OC4)(CO1)CO2. The maximum Gasteiger partial charge on any atom is 0.305 e. The molecule has 0 aromatic rings. The number of carbonyl (C=O) groups excluding carboxylic acids is 2. The number of fused-ring (bicyclic) bond motifs is 6. The van der Waals surface area contributed by atoms with Crippen molar-refractivity contribution in [2.24, 2.45) is 10.8 Å². The first-order valence-corrected chi connectivity index (χ1v) is 11.9. The van der Waals surface area contributed by atoms with Crippen molar-refractivity contribution in [1.29, 1.82) is 0 Å². The number of carbonyl (C=O) groups is 2. The van der Waals surface area contributed by atoms with Gasteiger partial charge in [0.2, 0.25) is 0 Å². The molecule has 0 radical (unpaired) electrons. The Bertz CT molecular complexity index is 600. The van der Waals surface area contributed by atoms with Crippen molar-refractivity contribution < 1.29 is 47.5 Å². The highest BCUT2D eigenvalue weighted by Gasteiger charge is 2.51. The highest BCUT2D eigenvalue weighted by Crippen LogP contribution is 2.39. The van der Waals surface area contributed by atoms with E-state index in [1.807, 2.05) is 0 Å². The molecule has 6 aliphatic rings. The summed E-state index contributed by atoms with van der Waals surface area (Å²) in [5.74, 6) is -2.33. The fourth-order valence-electron chi connectivity index (χ4n) is 4.14. The van der Waals surface area contributed by atoms with Crippen molar-refractivity contribution in [3.63, 3.8) is 0 Å². The third-order valence-electron chi connectivity index (χ3n) is 6.68. The lowest BCUT2D eigenvalue weighted by molar-refractivity contribution is -0.462. The highest BCUT2D eigenvalue weighted by atomic mass is 16.9. The van der Waals surface area contributed by atoms with Crippen LogP contribution in [0.15, 0.2) is 0 Å². The Morgan fingerprint density at radius 2 is 0.879 bits per heavy atom. The monoisotopic (exact) mass is 472 g/mol. The summed E-state index contributed by atoms with van der Waals surface area (Å²) in [6.07, 6.45) is 5.07. The molecule has 10 heteroatoms. The van der Waals surface area contributed by atoms with Crippen LogP contribution in [0.4, 0.5) is 0 Å². The molecule has 6 aliphatic heterocycles. The largest absolute Gasteiger partial charge is 0.465 e. The van der Waals surface area contributed by atoms with Gasteiger partial charge in [0, 0.05) is 26.7 Å². The van der Waals surface area contributed by atoms with E-state index in [1.165, 1.54) is 0 Å². The molecule has 0 amide bonds. The minimum absolute atomic E-state index is 0.214. The molecule has 0 spiro atoms. The first-order valence-electron chi connectivity index (χ1n) is 11.9. The van der Waals surface area contributed by atoms with Crippen molar-refractivity contribution in [1.82, 2.24) is 0 Å². The standard InChI is InChI=1S/C23H36O10/c1-20-28-12-22(13-29-20,14-30-20)10-26-18(24)8-6-4-3-5-7-9-19(25)27-11-23-15-31-21(2,32-16-23)33-17-23/h3-17H2,1-2H3. The molecular weight excluding hydrogens is 436 g/mol. The van der Waals surface area contributed by atoms with E-state index in [4.69, 9.17) is 37.9 Å². The van der Waals surface area contributed by atoms with Gasteiger partial charge in [-0.3, -0.25) is 9.59 Å². The molecule has 0 aromatic carbocycles. The van der Waals surface area contributed by atoms with Crippen LogP contribution >= 0.6 is 0 Å². The molecule has 6 heterocycles. The molecule has 6 rings (SSSR count). The summed E-state index contributed by atoms with van der Waals surface area (Å²) in [6, 6.07) is 0. The molecule has 0 atom stereocenters. The molecule has 0 N–H and O–H groups in total. The highest BCUT2D eigenvalue weighted by molar-refractivity contribution is 5.69. The van der Waals surface area contributed by atoms with Gasteiger partial charge in [0.25, 0.3) is 11.9 Å². The van der Waals surface area contributed by atoms with Crippen LogP contribution in [-0.4, -0.2) is 76.7 Å². The lowest BCUT2D eigenvalue weighted by atomic mass is 9.90. The Hall–Kier alpha value is -1.30. The molecular formula is C23H36O10. The van der Waals surface area contributed by atoms with E-state index in [2.05, 4.69) is 0 Å². The summed E-state index contributed by atoms with van der Waals surface area (Å²) >= 11 is 0. The maximum absolute atomic E-state index is 12.0. The predicted molar refractivity (Wildman–Crippen MR) is 112 cm³/mol. The first-order chi connectivity index (χ1) is 15.7. The normalized spacial score (nSPS) is 37.2. The number of ether oxygens (including phenoxy) is 8. The summed E-state index contributed by atoms with van der Waals surface area (Å²) in [4.78, 5) is 24.1. The van der Waals surface area contributed by atoms with E-state index in [1.54, 1.807) is 13.8 Å². The first kappa shape index (κ1) is 24.8. The molecule has 0 aromatic heterocycles. The van der Waals surface area contributed by atoms with Crippen LogP contribution in [0.3, 0.4) is 0 Å².